The highest BCUT2D eigenvalue weighted by Gasteiger charge is 2.29. The van der Waals surface area contributed by atoms with E-state index in [4.69, 9.17) is 9.15 Å². The summed E-state index contributed by atoms with van der Waals surface area (Å²) in [5, 5.41) is 0. The molecule has 0 radical (unpaired) electrons. The van der Waals surface area contributed by atoms with Gasteiger partial charge in [-0.05, 0) is 56.7 Å². The molecule has 3 aromatic rings. The zero-order chi connectivity index (χ0) is 19.0. The first-order valence-corrected chi connectivity index (χ1v) is 9.27. The molecule has 5 nitrogen and oxygen atoms in total. The summed E-state index contributed by atoms with van der Waals surface area (Å²) < 4.78 is 13.8. The molecule has 1 amide bonds. The van der Waals surface area contributed by atoms with Gasteiger partial charge in [0.25, 0.3) is 5.91 Å². The van der Waals surface area contributed by atoms with Gasteiger partial charge < -0.3 is 18.6 Å². The third kappa shape index (κ3) is 3.37. The molecule has 0 N–H and O–H groups in total. The third-order valence-electron chi connectivity index (χ3n) is 5.18. The summed E-state index contributed by atoms with van der Waals surface area (Å²) in [6.07, 6.45) is 2.06. The third-order valence-corrected chi connectivity index (χ3v) is 5.18. The van der Waals surface area contributed by atoms with Crippen LogP contribution in [0.5, 0.6) is 5.75 Å². The molecule has 1 aliphatic heterocycles. The number of nitrogens with zero attached hydrogens (tertiary/aromatic N) is 2. The second kappa shape index (κ2) is 6.99. The summed E-state index contributed by atoms with van der Waals surface area (Å²) in [6.45, 7) is 7.91. The summed E-state index contributed by atoms with van der Waals surface area (Å²) in [5.41, 5.74) is 3.44. The summed E-state index contributed by atoms with van der Waals surface area (Å²) in [7, 11) is 0. The minimum Gasteiger partial charge on any atom is -0.485 e. The highest BCUT2D eigenvalue weighted by atomic mass is 16.5. The molecule has 0 fully saturated rings. The van der Waals surface area contributed by atoms with Gasteiger partial charge in [0.05, 0.1) is 6.04 Å². The van der Waals surface area contributed by atoms with Crippen LogP contribution in [0.15, 0.2) is 53.1 Å². The van der Waals surface area contributed by atoms with Crippen LogP contribution in [0.25, 0.3) is 0 Å². The van der Waals surface area contributed by atoms with Gasteiger partial charge in [-0.2, -0.15) is 0 Å². The standard InChI is InChI=1S/C22H24N2O3/c1-15-6-8-20(16(2)13-15)26-14-18-7-9-21(27-18)22(25)24-12-11-23-10-4-5-19(23)17(24)3/h4-10,13,17H,11-12,14H2,1-3H3. The largest absolute Gasteiger partial charge is 0.485 e. The number of aryl methyl sites for hydroxylation is 2. The van der Waals surface area contributed by atoms with Crippen molar-refractivity contribution in [3.8, 4) is 5.75 Å². The van der Waals surface area contributed by atoms with Crippen LogP contribution < -0.4 is 4.74 Å². The van der Waals surface area contributed by atoms with Crippen LogP contribution in [0, 0.1) is 13.8 Å². The van der Waals surface area contributed by atoms with Crippen LogP contribution in [0.4, 0.5) is 0 Å². The van der Waals surface area contributed by atoms with Gasteiger partial charge in [-0.25, -0.2) is 0 Å². The second-order valence-electron chi connectivity index (χ2n) is 7.12. The number of benzene rings is 1. The number of ether oxygens (including phenoxy) is 1. The zero-order valence-corrected chi connectivity index (χ0v) is 15.9. The van der Waals surface area contributed by atoms with E-state index >= 15 is 0 Å². The fraction of sp³-hybridized carbons (Fsp3) is 0.318. The van der Waals surface area contributed by atoms with E-state index < -0.39 is 0 Å². The number of carbonyl (C=O) groups is 1. The molecular weight excluding hydrogens is 340 g/mol. The van der Waals surface area contributed by atoms with Gasteiger partial charge in [-0.1, -0.05) is 17.7 Å². The fourth-order valence-electron chi connectivity index (χ4n) is 3.68. The molecule has 27 heavy (non-hydrogen) atoms. The lowest BCUT2D eigenvalue weighted by Crippen LogP contribution is -2.40. The van der Waals surface area contributed by atoms with E-state index in [1.54, 1.807) is 6.07 Å². The number of fused-ring (bicyclic) bond motifs is 1. The summed E-state index contributed by atoms with van der Waals surface area (Å²) in [5.74, 6) is 1.76. The highest BCUT2D eigenvalue weighted by molar-refractivity contribution is 5.91. The monoisotopic (exact) mass is 364 g/mol. The quantitative estimate of drug-likeness (QED) is 0.685. The minimum absolute atomic E-state index is 0.0289. The van der Waals surface area contributed by atoms with Gasteiger partial charge in [0, 0.05) is 25.0 Å². The number of hydrogen-bond acceptors (Lipinski definition) is 3. The smallest absolute Gasteiger partial charge is 0.290 e. The molecule has 5 heteroatoms. The van der Waals surface area contributed by atoms with Crippen molar-refractivity contribution >= 4 is 5.91 Å². The van der Waals surface area contributed by atoms with Crippen molar-refractivity contribution in [3.63, 3.8) is 0 Å². The molecule has 1 unspecified atom stereocenters. The van der Waals surface area contributed by atoms with E-state index in [9.17, 15) is 4.79 Å². The molecule has 0 spiro atoms. The molecule has 1 aromatic carbocycles. The predicted octanol–water partition coefficient (Wildman–Crippen LogP) is 4.49. The second-order valence-corrected chi connectivity index (χ2v) is 7.12. The fourth-order valence-corrected chi connectivity index (χ4v) is 3.68. The molecule has 0 saturated carbocycles. The Morgan fingerprint density at radius 3 is 2.85 bits per heavy atom. The average molecular weight is 364 g/mol. The van der Waals surface area contributed by atoms with Crippen molar-refractivity contribution in [2.24, 2.45) is 0 Å². The van der Waals surface area contributed by atoms with Crippen molar-refractivity contribution in [3.05, 3.63) is 77.0 Å². The Bertz CT molecular complexity index is 970. The maximum Gasteiger partial charge on any atom is 0.290 e. The van der Waals surface area contributed by atoms with E-state index in [1.807, 2.05) is 36.1 Å². The van der Waals surface area contributed by atoms with Crippen molar-refractivity contribution in [2.75, 3.05) is 6.54 Å². The lowest BCUT2D eigenvalue weighted by Gasteiger charge is -2.34. The van der Waals surface area contributed by atoms with Crippen LogP contribution >= 0.6 is 0 Å². The Kier molecular flexibility index (Phi) is 4.52. The maximum absolute atomic E-state index is 12.9. The normalized spacial score (nSPS) is 16.3. The molecule has 0 saturated heterocycles. The van der Waals surface area contributed by atoms with Crippen LogP contribution in [-0.2, 0) is 13.2 Å². The molecule has 0 aliphatic carbocycles. The lowest BCUT2D eigenvalue weighted by atomic mass is 10.1. The summed E-state index contributed by atoms with van der Waals surface area (Å²) in [6, 6.07) is 13.7. The highest BCUT2D eigenvalue weighted by Crippen LogP contribution is 2.27. The molecule has 4 rings (SSSR count). The average Bonchev–Trinajstić information content (AvgIpc) is 3.30. The topological polar surface area (TPSA) is 47.6 Å². The number of aromatic nitrogens is 1. The van der Waals surface area contributed by atoms with E-state index in [1.165, 1.54) is 5.56 Å². The molecule has 1 aliphatic rings. The minimum atomic E-state index is -0.0762. The van der Waals surface area contributed by atoms with E-state index in [0.717, 1.165) is 23.6 Å². The number of amides is 1. The summed E-state index contributed by atoms with van der Waals surface area (Å²) in [4.78, 5) is 14.8. The van der Waals surface area contributed by atoms with Crippen molar-refractivity contribution in [1.82, 2.24) is 9.47 Å². The Hall–Kier alpha value is -2.95. The number of furan rings is 1. The van der Waals surface area contributed by atoms with Crippen LogP contribution in [0.2, 0.25) is 0 Å². The lowest BCUT2D eigenvalue weighted by molar-refractivity contribution is 0.0607. The van der Waals surface area contributed by atoms with Crippen molar-refractivity contribution in [2.45, 2.75) is 40.0 Å². The van der Waals surface area contributed by atoms with Gasteiger partial charge in [0.2, 0.25) is 0 Å². The van der Waals surface area contributed by atoms with Crippen molar-refractivity contribution < 1.29 is 13.9 Å². The molecule has 0 bridgehead atoms. The van der Waals surface area contributed by atoms with E-state index in [2.05, 4.69) is 36.7 Å². The molecule has 3 heterocycles. The van der Waals surface area contributed by atoms with Crippen LogP contribution in [0.1, 0.15) is 46.1 Å². The van der Waals surface area contributed by atoms with Gasteiger partial charge in [0.1, 0.15) is 18.1 Å². The first-order valence-electron chi connectivity index (χ1n) is 9.27. The molecule has 140 valence electrons. The Morgan fingerprint density at radius 1 is 1.19 bits per heavy atom. The molecule has 1 atom stereocenters. The zero-order valence-electron chi connectivity index (χ0n) is 15.9. The Balaban J connectivity index is 1.44. The summed E-state index contributed by atoms with van der Waals surface area (Å²) >= 11 is 0. The number of carbonyl (C=O) groups excluding carboxylic acids is 1. The maximum atomic E-state index is 12.9. The van der Waals surface area contributed by atoms with Crippen LogP contribution in [-0.4, -0.2) is 21.9 Å². The van der Waals surface area contributed by atoms with E-state index in [-0.39, 0.29) is 11.9 Å². The van der Waals surface area contributed by atoms with Gasteiger partial charge >= 0.3 is 0 Å². The van der Waals surface area contributed by atoms with Gasteiger partial charge in [0.15, 0.2) is 5.76 Å². The molecule has 2 aromatic heterocycles. The van der Waals surface area contributed by atoms with Crippen molar-refractivity contribution in [1.29, 1.82) is 0 Å². The Morgan fingerprint density at radius 2 is 2.04 bits per heavy atom. The molecular formula is C22H24N2O3. The van der Waals surface area contributed by atoms with Gasteiger partial charge in [-0.15, -0.1) is 0 Å². The van der Waals surface area contributed by atoms with E-state index in [0.29, 0.717) is 24.7 Å². The number of rotatable bonds is 4. The van der Waals surface area contributed by atoms with Crippen LogP contribution in [0.3, 0.4) is 0 Å². The predicted molar refractivity (Wildman–Crippen MR) is 103 cm³/mol. The first kappa shape index (κ1) is 17.5. The SMILES string of the molecule is Cc1ccc(OCc2ccc(C(=O)N3CCn4cccc4C3C)o2)c(C)c1. The van der Waals surface area contributed by atoms with Gasteiger partial charge in [-0.3, -0.25) is 4.79 Å². The first-order chi connectivity index (χ1) is 13.0. The number of hydrogen-bond donors (Lipinski definition) is 0. The Labute approximate surface area is 159 Å².